The Morgan fingerprint density at radius 2 is 2.00 bits per heavy atom. The van der Waals surface area contributed by atoms with Gasteiger partial charge in [0.1, 0.15) is 6.54 Å². The summed E-state index contributed by atoms with van der Waals surface area (Å²) in [5.41, 5.74) is 0.498. The van der Waals surface area contributed by atoms with Crippen molar-refractivity contribution >= 4 is 41.1 Å². The fourth-order valence-corrected chi connectivity index (χ4v) is 2.60. The number of carbonyl (C=O) groups is 2. The number of rotatable bonds is 7. The molecule has 1 atom stereocenters. The van der Waals surface area contributed by atoms with Gasteiger partial charge < -0.3 is 10.4 Å². The molecule has 0 spiro atoms. The van der Waals surface area contributed by atoms with Crippen LogP contribution in [0.25, 0.3) is 0 Å². The molecule has 116 valence electrons. The summed E-state index contributed by atoms with van der Waals surface area (Å²) in [6, 6.07) is 6.09. The molecule has 0 aliphatic heterocycles. The molecule has 0 aromatic heterocycles. The molecule has 5 nitrogen and oxygen atoms in total. The van der Waals surface area contributed by atoms with Crippen LogP contribution in [-0.4, -0.2) is 41.7 Å². The Kier molecular flexibility index (Phi) is 7.39. The van der Waals surface area contributed by atoms with Gasteiger partial charge in [0.05, 0.1) is 0 Å². The molecule has 0 aliphatic carbocycles. The van der Waals surface area contributed by atoms with Crippen LogP contribution < -0.4 is 10.2 Å². The van der Waals surface area contributed by atoms with Gasteiger partial charge in [-0.05, 0) is 36.9 Å². The highest BCUT2D eigenvalue weighted by atomic mass is 35.5. The average molecular weight is 331 g/mol. The lowest BCUT2D eigenvalue weighted by atomic mass is 10.2. The molecule has 2 amide bonds. The fraction of sp³-hybridized carbons (Fsp3) is 0.429. The lowest BCUT2D eigenvalue weighted by Gasteiger charge is -2.24. The van der Waals surface area contributed by atoms with Crippen LogP contribution >= 0.6 is 23.4 Å². The van der Waals surface area contributed by atoms with Gasteiger partial charge in [0.15, 0.2) is 0 Å². The Morgan fingerprint density at radius 1 is 1.38 bits per heavy atom. The fourth-order valence-electron chi connectivity index (χ4n) is 1.75. The number of anilines is 1. The van der Waals surface area contributed by atoms with Gasteiger partial charge in [-0.3, -0.25) is 9.69 Å². The van der Waals surface area contributed by atoms with E-state index in [1.807, 2.05) is 13.2 Å². The van der Waals surface area contributed by atoms with Gasteiger partial charge >= 0.3 is 12.0 Å². The number of carboxylic acid groups (broad SMARTS) is 1. The number of carbonyl (C=O) groups excluding carboxylic acids is 1. The maximum atomic E-state index is 12.3. The lowest BCUT2D eigenvalue weighted by molar-refractivity contribution is -0.135. The second-order valence-electron chi connectivity index (χ2n) is 4.47. The van der Waals surface area contributed by atoms with Crippen LogP contribution in [0, 0.1) is 0 Å². The third kappa shape index (κ3) is 5.85. The maximum absolute atomic E-state index is 12.3. The van der Waals surface area contributed by atoms with Gasteiger partial charge in [-0.15, -0.1) is 0 Å². The highest BCUT2D eigenvalue weighted by Gasteiger charge is 2.21. The zero-order chi connectivity index (χ0) is 15.8. The monoisotopic (exact) mass is 330 g/mol. The topological polar surface area (TPSA) is 69.6 Å². The maximum Gasteiger partial charge on any atom is 0.323 e. The van der Waals surface area contributed by atoms with Gasteiger partial charge in [0.25, 0.3) is 0 Å². The van der Waals surface area contributed by atoms with Gasteiger partial charge in [0, 0.05) is 22.5 Å². The molecule has 1 aromatic carbocycles. The van der Waals surface area contributed by atoms with Gasteiger partial charge in [-0.25, -0.2) is 4.79 Å². The standard InChI is InChI=1S/C14H19ClN2O3S/c1-3-11(9-21-2)16-14(20)17(8-13(18)19)12-6-4-10(15)5-7-12/h4-7,11H,3,8-9H2,1-2H3,(H,16,20)(H,18,19). The lowest BCUT2D eigenvalue weighted by Crippen LogP contribution is -2.47. The van der Waals surface area contributed by atoms with Crippen LogP contribution in [0.2, 0.25) is 5.02 Å². The number of halogens is 1. The highest BCUT2D eigenvalue weighted by Crippen LogP contribution is 2.18. The summed E-state index contributed by atoms with van der Waals surface area (Å²) < 4.78 is 0. The van der Waals surface area contributed by atoms with E-state index in [4.69, 9.17) is 16.7 Å². The molecule has 0 fully saturated rings. The zero-order valence-electron chi connectivity index (χ0n) is 12.0. The number of benzene rings is 1. The van der Waals surface area contributed by atoms with E-state index in [0.717, 1.165) is 12.2 Å². The van der Waals surface area contributed by atoms with Crippen LogP contribution in [0.15, 0.2) is 24.3 Å². The number of hydrogen-bond acceptors (Lipinski definition) is 3. The molecule has 2 N–H and O–H groups in total. The molecule has 0 heterocycles. The minimum Gasteiger partial charge on any atom is -0.480 e. The summed E-state index contributed by atoms with van der Waals surface area (Å²) in [4.78, 5) is 24.5. The van der Waals surface area contributed by atoms with Crippen LogP contribution in [0.4, 0.5) is 10.5 Å². The number of aliphatic carboxylic acids is 1. The molecule has 21 heavy (non-hydrogen) atoms. The largest absolute Gasteiger partial charge is 0.480 e. The third-order valence-corrected chi connectivity index (χ3v) is 3.85. The summed E-state index contributed by atoms with van der Waals surface area (Å²) in [5, 5.41) is 12.4. The van der Waals surface area contributed by atoms with Crippen molar-refractivity contribution in [3.63, 3.8) is 0 Å². The van der Waals surface area contributed by atoms with Crippen molar-refractivity contribution in [3.05, 3.63) is 29.3 Å². The van der Waals surface area contributed by atoms with Crippen LogP contribution in [0.5, 0.6) is 0 Å². The van der Waals surface area contributed by atoms with E-state index in [-0.39, 0.29) is 6.04 Å². The van der Waals surface area contributed by atoms with Gasteiger partial charge in [0.2, 0.25) is 0 Å². The first-order valence-electron chi connectivity index (χ1n) is 6.52. The Morgan fingerprint density at radius 3 is 2.48 bits per heavy atom. The third-order valence-electron chi connectivity index (χ3n) is 2.87. The van der Waals surface area contributed by atoms with Crippen molar-refractivity contribution in [2.45, 2.75) is 19.4 Å². The van der Waals surface area contributed by atoms with Crippen molar-refractivity contribution in [1.29, 1.82) is 0 Å². The van der Waals surface area contributed by atoms with Crippen LogP contribution in [0.1, 0.15) is 13.3 Å². The second-order valence-corrected chi connectivity index (χ2v) is 5.81. The quantitative estimate of drug-likeness (QED) is 0.806. The first kappa shape index (κ1) is 17.7. The van der Waals surface area contributed by atoms with Crippen molar-refractivity contribution in [2.24, 2.45) is 0 Å². The minimum atomic E-state index is -1.07. The van der Waals surface area contributed by atoms with Crippen LogP contribution in [-0.2, 0) is 4.79 Å². The second kappa shape index (κ2) is 8.79. The molecule has 1 unspecified atom stereocenters. The highest BCUT2D eigenvalue weighted by molar-refractivity contribution is 7.98. The average Bonchev–Trinajstić information content (AvgIpc) is 2.45. The Labute approximate surface area is 133 Å². The van der Waals surface area contributed by atoms with Crippen molar-refractivity contribution < 1.29 is 14.7 Å². The zero-order valence-corrected chi connectivity index (χ0v) is 13.6. The number of carboxylic acids is 1. The number of hydrogen-bond donors (Lipinski definition) is 2. The normalized spacial score (nSPS) is 11.8. The van der Waals surface area contributed by atoms with E-state index in [2.05, 4.69) is 5.32 Å². The minimum absolute atomic E-state index is 0.0103. The van der Waals surface area contributed by atoms with Crippen molar-refractivity contribution in [3.8, 4) is 0 Å². The summed E-state index contributed by atoms with van der Waals surface area (Å²) in [6.07, 6.45) is 2.75. The number of thioether (sulfide) groups is 1. The van der Waals surface area contributed by atoms with Crippen molar-refractivity contribution in [2.75, 3.05) is 23.5 Å². The Hall–Kier alpha value is -1.40. The first-order chi connectivity index (χ1) is 9.97. The van der Waals surface area contributed by atoms with Gasteiger partial charge in [-0.2, -0.15) is 11.8 Å². The molecule has 0 bridgehead atoms. The molecular formula is C14H19ClN2O3S. The van der Waals surface area contributed by atoms with E-state index < -0.39 is 18.5 Å². The molecule has 1 rings (SSSR count). The van der Waals surface area contributed by atoms with Crippen LogP contribution in [0.3, 0.4) is 0 Å². The smallest absolute Gasteiger partial charge is 0.323 e. The number of urea groups is 1. The molecule has 0 saturated heterocycles. The molecule has 0 radical (unpaired) electrons. The summed E-state index contributed by atoms with van der Waals surface area (Å²) in [7, 11) is 0. The molecule has 0 saturated carbocycles. The number of nitrogens with one attached hydrogen (secondary N) is 1. The molecular weight excluding hydrogens is 312 g/mol. The summed E-state index contributed by atoms with van der Waals surface area (Å²) in [6.45, 7) is 1.58. The van der Waals surface area contributed by atoms with E-state index >= 15 is 0 Å². The number of amides is 2. The van der Waals surface area contributed by atoms with E-state index in [0.29, 0.717) is 10.7 Å². The predicted molar refractivity (Wildman–Crippen MR) is 87.4 cm³/mol. The van der Waals surface area contributed by atoms with Gasteiger partial charge in [-0.1, -0.05) is 18.5 Å². The summed E-state index contributed by atoms with van der Waals surface area (Å²) in [5.74, 6) is -0.290. The SMILES string of the molecule is CCC(CSC)NC(=O)N(CC(=O)O)c1ccc(Cl)cc1. The predicted octanol–water partition coefficient (Wildman–Crippen LogP) is 3.08. The summed E-state index contributed by atoms with van der Waals surface area (Å²) >= 11 is 7.44. The van der Waals surface area contributed by atoms with E-state index in [9.17, 15) is 9.59 Å². The van der Waals surface area contributed by atoms with E-state index in [1.165, 1.54) is 4.90 Å². The first-order valence-corrected chi connectivity index (χ1v) is 8.29. The Bertz CT molecular complexity index is 482. The molecule has 1 aromatic rings. The number of nitrogens with zero attached hydrogens (tertiary/aromatic N) is 1. The van der Waals surface area contributed by atoms with E-state index in [1.54, 1.807) is 36.0 Å². The van der Waals surface area contributed by atoms with Crippen molar-refractivity contribution in [1.82, 2.24) is 5.32 Å². The molecule has 0 aliphatic rings. The Balaban J connectivity index is 2.88. The molecule has 7 heteroatoms.